The zero-order chi connectivity index (χ0) is 15.5. The molecule has 4 nitrogen and oxygen atoms in total. The van der Waals surface area contributed by atoms with Gasteiger partial charge in [-0.1, -0.05) is 12.8 Å². The second-order valence-corrected chi connectivity index (χ2v) is 7.03. The van der Waals surface area contributed by atoms with E-state index in [2.05, 4.69) is 0 Å². The van der Waals surface area contributed by atoms with Gasteiger partial charge in [0.05, 0.1) is 14.2 Å². The number of methoxy groups -OCH3 is 2. The van der Waals surface area contributed by atoms with Crippen LogP contribution >= 0.6 is 11.8 Å². The summed E-state index contributed by atoms with van der Waals surface area (Å²) >= 11 is 1.82. The van der Waals surface area contributed by atoms with Crippen molar-refractivity contribution in [2.45, 2.75) is 31.1 Å². The molecule has 2 fully saturated rings. The maximum absolute atomic E-state index is 12.8. The summed E-state index contributed by atoms with van der Waals surface area (Å²) in [5.74, 6) is 3.11. The fourth-order valence-electron chi connectivity index (χ4n) is 3.38. The Kier molecular flexibility index (Phi) is 4.81. The van der Waals surface area contributed by atoms with Crippen LogP contribution in [-0.2, 0) is 4.79 Å². The summed E-state index contributed by atoms with van der Waals surface area (Å²) in [7, 11) is 3.32. The summed E-state index contributed by atoms with van der Waals surface area (Å²) in [6, 6.07) is 5.86. The van der Waals surface area contributed by atoms with Gasteiger partial charge in [-0.2, -0.15) is 0 Å². The zero-order valence-electron chi connectivity index (χ0n) is 13.2. The molecule has 0 bridgehead atoms. The number of hydrogen-bond donors (Lipinski definition) is 0. The number of amides is 1. The van der Waals surface area contributed by atoms with Crippen molar-refractivity contribution in [3.8, 4) is 11.5 Å². The predicted octanol–water partition coefficient (Wildman–Crippen LogP) is 3.47. The molecular weight excluding hydrogens is 298 g/mol. The van der Waals surface area contributed by atoms with E-state index in [1.165, 1.54) is 12.8 Å². The van der Waals surface area contributed by atoms with Gasteiger partial charge in [0.2, 0.25) is 5.91 Å². The van der Waals surface area contributed by atoms with E-state index in [0.29, 0.717) is 5.91 Å². The number of hydrogen-bond acceptors (Lipinski definition) is 4. The number of rotatable bonds is 4. The highest BCUT2D eigenvalue weighted by Crippen LogP contribution is 2.44. The summed E-state index contributed by atoms with van der Waals surface area (Å²) in [6.45, 7) is 0.833. The van der Waals surface area contributed by atoms with Crippen LogP contribution in [0.3, 0.4) is 0 Å². The van der Waals surface area contributed by atoms with Crippen LogP contribution in [0.4, 0.5) is 0 Å². The fourth-order valence-corrected chi connectivity index (χ4v) is 4.67. The molecule has 0 aromatic heterocycles. The first-order valence-electron chi connectivity index (χ1n) is 7.88. The van der Waals surface area contributed by atoms with Gasteiger partial charge in [-0.3, -0.25) is 4.79 Å². The third-order valence-electron chi connectivity index (χ3n) is 4.59. The summed E-state index contributed by atoms with van der Waals surface area (Å²) < 4.78 is 10.8. The van der Waals surface area contributed by atoms with E-state index in [9.17, 15) is 4.79 Å². The van der Waals surface area contributed by atoms with Crippen molar-refractivity contribution >= 4 is 17.7 Å². The Bertz CT molecular complexity index is 543. The lowest BCUT2D eigenvalue weighted by molar-refractivity contribution is -0.135. The van der Waals surface area contributed by atoms with E-state index in [-0.39, 0.29) is 11.3 Å². The molecule has 22 heavy (non-hydrogen) atoms. The molecule has 1 aliphatic carbocycles. The maximum Gasteiger partial charge on any atom is 0.226 e. The molecular formula is C17H23NO3S. The van der Waals surface area contributed by atoms with E-state index in [1.807, 2.05) is 34.9 Å². The van der Waals surface area contributed by atoms with Crippen LogP contribution in [0.2, 0.25) is 0 Å². The van der Waals surface area contributed by atoms with Crippen LogP contribution in [0.1, 0.15) is 36.6 Å². The van der Waals surface area contributed by atoms with Gasteiger partial charge in [-0.15, -0.1) is 11.8 Å². The lowest BCUT2D eigenvalue weighted by Crippen LogP contribution is -2.34. The van der Waals surface area contributed by atoms with Crippen LogP contribution in [0.15, 0.2) is 18.2 Å². The first-order chi connectivity index (χ1) is 10.7. The first kappa shape index (κ1) is 15.5. The zero-order valence-corrected chi connectivity index (χ0v) is 14.0. The van der Waals surface area contributed by atoms with Crippen LogP contribution < -0.4 is 9.47 Å². The SMILES string of the molecule is COc1ccc([C@H]2SCCN2C(=O)C2CCCC2)c(OC)c1. The summed E-state index contributed by atoms with van der Waals surface area (Å²) in [5, 5.41) is 0.0638. The Morgan fingerprint density at radius 2 is 2.00 bits per heavy atom. The average Bonchev–Trinajstić information content (AvgIpc) is 3.24. The van der Waals surface area contributed by atoms with Crippen molar-refractivity contribution in [1.29, 1.82) is 0 Å². The molecule has 0 spiro atoms. The van der Waals surface area contributed by atoms with Gasteiger partial charge in [-0.25, -0.2) is 0 Å². The van der Waals surface area contributed by atoms with Gasteiger partial charge in [0.15, 0.2) is 0 Å². The lowest BCUT2D eigenvalue weighted by atomic mass is 10.1. The second-order valence-electron chi connectivity index (χ2n) is 5.84. The predicted molar refractivity (Wildman–Crippen MR) is 88.4 cm³/mol. The summed E-state index contributed by atoms with van der Waals surface area (Å²) in [4.78, 5) is 14.8. The van der Waals surface area contributed by atoms with Gasteiger partial charge in [0, 0.05) is 29.8 Å². The van der Waals surface area contributed by atoms with E-state index >= 15 is 0 Å². The molecule has 1 heterocycles. The first-order valence-corrected chi connectivity index (χ1v) is 8.93. The molecule has 0 unspecified atom stereocenters. The van der Waals surface area contributed by atoms with E-state index in [1.54, 1.807) is 14.2 Å². The van der Waals surface area contributed by atoms with Gasteiger partial charge in [0.25, 0.3) is 0 Å². The Balaban J connectivity index is 1.84. The van der Waals surface area contributed by atoms with Crippen molar-refractivity contribution in [3.05, 3.63) is 23.8 Å². The minimum atomic E-state index is 0.0638. The van der Waals surface area contributed by atoms with Crippen LogP contribution in [0.5, 0.6) is 11.5 Å². The lowest BCUT2D eigenvalue weighted by Gasteiger charge is -2.28. The smallest absolute Gasteiger partial charge is 0.226 e. The largest absolute Gasteiger partial charge is 0.497 e. The van der Waals surface area contributed by atoms with Gasteiger partial charge in [0.1, 0.15) is 16.9 Å². The topological polar surface area (TPSA) is 38.8 Å². The average molecular weight is 321 g/mol. The molecule has 0 N–H and O–H groups in total. The number of benzene rings is 1. The Hall–Kier alpha value is -1.36. The van der Waals surface area contributed by atoms with Crippen molar-refractivity contribution in [2.75, 3.05) is 26.5 Å². The molecule has 1 aromatic carbocycles. The molecule has 1 aliphatic heterocycles. The standard InChI is InChI=1S/C17H23NO3S/c1-20-13-7-8-14(15(11-13)21-2)17-18(9-10-22-17)16(19)12-5-3-4-6-12/h7-8,11-12,17H,3-6,9-10H2,1-2H3/t17-/m1/s1. The molecule has 1 amide bonds. The highest BCUT2D eigenvalue weighted by atomic mass is 32.2. The normalized spacial score (nSPS) is 22.1. The summed E-state index contributed by atoms with van der Waals surface area (Å²) in [5.41, 5.74) is 1.07. The van der Waals surface area contributed by atoms with Crippen LogP contribution in [-0.4, -0.2) is 37.3 Å². The number of carbonyl (C=O) groups excluding carboxylic acids is 1. The molecule has 2 aliphatic rings. The molecule has 3 rings (SSSR count). The van der Waals surface area contributed by atoms with E-state index in [4.69, 9.17) is 9.47 Å². The summed E-state index contributed by atoms with van der Waals surface area (Å²) in [6.07, 6.45) is 4.47. The number of ether oxygens (including phenoxy) is 2. The third kappa shape index (κ3) is 2.91. The minimum Gasteiger partial charge on any atom is -0.497 e. The number of carbonyl (C=O) groups is 1. The maximum atomic E-state index is 12.8. The molecule has 1 aromatic rings. The molecule has 0 radical (unpaired) electrons. The fraction of sp³-hybridized carbons (Fsp3) is 0.588. The number of thioether (sulfide) groups is 1. The van der Waals surface area contributed by atoms with Crippen molar-refractivity contribution in [2.24, 2.45) is 5.92 Å². The molecule has 5 heteroatoms. The highest BCUT2D eigenvalue weighted by Gasteiger charge is 2.36. The quantitative estimate of drug-likeness (QED) is 0.851. The molecule has 1 saturated carbocycles. The van der Waals surface area contributed by atoms with Crippen LogP contribution in [0, 0.1) is 5.92 Å². The van der Waals surface area contributed by atoms with Gasteiger partial charge < -0.3 is 14.4 Å². The van der Waals surface area contributed by atoms with Crippen molar-refractivity contribution in [3.63, 3.8) is 0 Å². The Morgan fingerprint density at radius 3 is 2.68 bits per heavy atom. The third-order valence-corrected chi connectivity index (χ3v) is 5.83. The highest BCUT2D eigenvalue weighted by molar-refractivity contribution is 7.99. The molecule has 1 atom stereocenters. The Labute approximate surface area is 136 Å². The van der Waals surface area contributed by atoms with Crippen LogP contribution in [0.25, 0.3) is 0 Å². The molecule has 1 saturated heterocycles. The minimum absolute atomic E-state index is 0.0638. The Morgan fingerprint density at radius 1 is 1.23 bits per heavy atom. The monoisotopic (exact) mass is 321 g/mol. The number of nitrogens with zero attached hydrogens (tertiary/aromatic N) is 1. The van der Waals surface area contributed by atoms with Crippen molar-refractivity contribution < 1.29 is 14.3 Å². The van der Waals surface area contributed by atoms with E-state index in [0.717, 1.165) is 42.2 Å². The van der Waals surface area contributed by atoms with Gasteiger partial charge >= 0.3 is 0 Å². The second kappa shape index (κ2) is 6.82. The molecule has 120 valence electrons. The van der Waals surface area contributed by atoms with E-state index < -0.39 is 0 Å². The van der Waals surface area contributed by atoms with Crippen molar-refractivity contribution in [1.82, 2.24) is 4.90 Å². The van der Waals surface area contributed by atoms with Gasteiger partial charge in [-0.05, 0) is 25.0 Å².